The SMILES string of the molecule is CC1(C)COCCN1C(=O)c1ccc(F)nc1. The van der Waals surface area contributed by atoms with E-state index in [1.54, 1.807) is 4.90 Å². The second kappa shape index (κ2) is 4.41. The molecule has 1 fully saturated rings. The summed E-state index contributed by atoms with van der Waals surface area (Å²) in [6.45, 7) is 5.47. The first-order valence-corrected chi connectivity index (χ1v) is 5.52. The summed E-state index contributed by atoms with van der Waals surface area (Å²) in [5.74, 6) is -0.714. The quantitative estimate of drug-likeness (QED) is 0.696. The Morgan fingerprint density at radius 1 is 1.53 bits per heavy atom. The van der Waals surface area contributed by atoms with Crippen molar-refractivity contribution in [3.8, 4) is 0 Å². The zero-order chi connectivity index (χ0) is 12.5. The fourth-order valence-electron chi connectivity index (χ4n) is 1.89. The van der Waals surface area contributed by atoms with Crippen LogP contribution in [0.3, 0.4) is 0 Å². The molecule has 0 unspecified atom stereocenters. The molecular weight excluding hydrogens is 223 g/mol. The lowest BCUT2D eigenvalue weighted by molar-refractivity contribution is -0.0370. The Labute approximate surface area is 99.4 Å². The molecule has 1 saturated heterocycles. The number of morpholine rings is 1. The van der Waals surface area contributed by atoms with Crippen LogP contribution in [0.5, 0.6) is 0 Å². The number of hydrogen-bond acceptors (Lipinski definition) is 3. The van der Waals surface area contributed by atoms with Gasteiger partial charge in [0.25, 0.3) is 5.91 Å². The third-order valence-corrected chi connectivity index (χ3v) is 2.86. The average molecular weight is 238 g/mol. The normalized spacial score (nSPS) is 19.1. The van der Waals surface area contributed by atoms with Gasteiger partial charge >= 0.3 is 0 Å². The summed E-state index contributed by atoms with van der Waals surface area (Å²) in [5, 5.41) is 0. The van der Waals surface area contributed by atoms with Gasteiger partial charge in [-0.05, 0) is 26.0 Å². The van der Waals surface area contributed by atoms with Gasteiger partial charge in [-0.3, -0.25) is 4.79 Å². The van der Waals surface area contributed by atoms with E-state index >= 15 is 0 Å². The molecule has 1 amide bonds. The summed E-state index contributed by atoms with van der Waals surface area (Å²) in [6, 6.07) is 2.65. The predicted molar refractivity (Wildman–Crippen MR) is 60.1 cm³/mol. The fraction of sp³-hybridized carbons (Fsp3) is 0.500. The molecule has 1 aromatic rings. The molecule has 0 saturated carbocycles. The van der Waals surface area contributed by atoms with Crippen LogP contribution in [0, 0.1) is 5.95 Å². The summed E-state index contributed by atoms with van der Waals surface area (Å²) in [7, 11) is 0. The van der Waals surface area contributed by atoms with Crippen LogP contribution in [0.15, 0.2) is 18.3 Å². The molecule has 1 aromatic heterocycles. The largest absolute Gasteiger partial charge is 0.377 e. The molecule has 0 aromatic carbocycles. The maximum atomic E-state index is 12.7. The second-order valence-electron chi connectivity index (χ2n) is 4.69. The van der Waals surface area contributed by atoms with Crippen molar-refractivity contribution in [3.05, 3.63) is 29.8 Å². The molecule has 2 heterocycles. The van der Waals surface area contributed by atoms with Gasteiger partial charge in [-0.1, -0.05) is 0 Å². The summed E-state index contributed by atoms with van der Waals surface area (Å²) in [4.78, 5) is 17.5. The van der Waals surface area contributed by atoms with Crippen LogP contribution in [0.4, 0.5) is 4.39 Å². The van der Waals surface area contributed by atoms with Crippen molar-refractivity contribution in [2.24, 2.45) is 0 Å². The number of halogens is 1. The smallest absolute Gasteiger partial charge is 0.256 e. The van der Waals surface area contributed by atoms with Gasteiger partial charge in [0, 0.05) is 12.7 Å². The van der Waals surface area contributed by atoms with Gasteiger partial charge in [0.05, 0.1) is 24.3 Å². The Hall–Kier alpha value is -1.49. The standard InChI is InChI=1S/C12H15FN2O2/c1-12(2)8-17-6-5-15(12)11(16)9-3-4-10(13)14-7-9/h3-4,7H,5-6,8H2,1-2H3. The highest BCUT2D eigenvalue weighted by molar-refractivity contribution is 5.94. The highest BCUT2D eigenvalue weighted by Crippen LogP contribution is 2.21. The predicted octanol–water partition coefficient (Wildman–Crippen LogP) is 1.47. The monoisotopic (exact) mass is 238 g/mol. The second-order valence-corrected chi connectivity index (χ2v) is 4.69. The molecule has 0 N–H and O–H groups in total. The van der Waals surface area contributed by atoms with Crippen molar-refractivity contribution in [2.75, 3.05) is 19.8 Å². The minimum Gasteiger partial charge on any atom is -0.377 e. The van der Waals surface area contributed by atoms with E-state index in [-0.39, 0.29) is 11.4 Å². The molecule has 1 aliphatic heterocycles. The summed E-state index contributed by atoms with van der Waals surface area (Å²) in [6.07, 6.45) is 1.27. The number of aromatic nitrogens is 1. The molecule has 1 aliphatic rings. The van der Waals surface area contributed by atoms with Gasteiger partial charge in [0.2, 0.25) is 5.95 Å². The molecule has 0 spiro atoms. The van der Waals surface area contributed by atoms with Gasteiger partial charge in [-0.15, -0.1) is 0 Å². The Bertz CT molecular complexity index is 417. The Morgan fingerprint density at radius 3 is 2.88 bits per heavy atom. The number of carbonyl (C=O) groups excluding carboxylic acids is 1. The Morgan fingerprint density at radius 2 is 2.29 bits per heavy atom. The minimum absolute atomic E-state index is 0.134. The van der Waals surface area contributed by atoms with Crippen molar-refractivity contribution in [2.45, 2.75) is 19.4 Å². The molecule has 0 radical (unpaired) electrons. The highest BCUT2D eigenvalue weighted by Gasteiger charge is 2.34. The van der Waals surface area contributed by atoms with E-state index in [9.17, 15) is 9.18 Å². The van der Waals surface area contributed by atoms with Crippen molar-refractivity contribution < 1.29 is 13.9 Å². The molecule has 5 heteroatoms. The number of nitrogens with zero attached hydrogens (tertiary/aromatic N) is 2. The number of ether oxygens (including phenoxy) is 1. The molecular formula is C12H15FN2O2. The Balaban J connectivity index is 2.21. The van der Waals surface area contributed by atoms with E-state index in [1.807, 2.05) is 13.8 Å². The first kappa shape index (κ1) is 12.0. The van der Waals surface area contributed by atoms with E-state index in [1.165, 1.54) is 18.3 Å². The number of carbonyl (C=O) groups is 1. The van der Waals surface area contributed by atoms with E-state index in [2.05, 4.69) is 4.98 Å². The average Bonchev–Trinajstić information content (AvgIpc) is 2.28. The Kier molecular flexibility index (Phi) is 3.11. The van der Waals surface area contributed by atoms with Crippen LogP contribution in [0.1, 0.15) is 24.2 Å². The van der Waals surface area contributed by atoms with Crippen LogP contribution in [-0.4, -0.2) is 41.1 Å². The number of hydrogen-bond donors (Lipinski definition) is 0. The highest BCUT2D eigenvalue weighted by atomic mass is 19.1. The van der Waals surface area contributed by atoms with Gasteiger partial charge in [0.1, 0.15) is 0 Å². The molecule has 92 valence electrons. The van der Waals surface area contributed by atoms with Crippen molar-refractivity contribution in [1.82, 2.24) is 9.88 Å². The molecule has 4 nitrogen and oxygen atoms in total. The maximum Gasteiger partial charge on any atom is 0.256 e. The molecule has 0 bridgehead atoms. The first-order chi connectivity index (χ1) is 8.00. The minimum atomic E-state index is -0.581. The van der Waals surface area contributed by atoms with Crippen LogP contribution < -0.4 is 0 Å². The fourth-order valence-corrected chi connectivity index (χ4v) is 1.89. The summed E-state index contributed by atoms with van der Waals surface area (Å²) < 4.78 is 18.0. The van der Waals surface area contributed by atoms with Crippen molar-refractivity contribution >= 4 is 5.91 Å². The topological polar surface area (TPSA) is 42.4 Å². The first-order valence-electron chi connectivity index (χ1n) is 5.52. The van der Waals surface area contributed by atoms with E-state index in [0.717, 1.165) is 0 Å². The number of pyridine rings is 1. The molecule has 0 aliphatic carbocycles. The summed E-state index contributed by atoms with van der Waals surface area (Å²) >= 11 is 0. The zero-order valence-corrected chi connectivity index (χ0v) is 9.94. The van der Waals surface area contributed by atoms with Gasteiger partial charge < -0.3 is 9.64 Å². The van der Waals surface area contributed by atoms with Gasteiger partial charge in [0.15, 0.2) is 0 Å². The lowest BCUT2D eigenvalue weighted by Crippen LogP contribution is -2.55. The molecule has 2 rings (SSSR count). The zero-order valence-electron chi connectivity index (χ0n) is 9.94. The van der Waals surface area contributed by atoms with Crippen LogP contribution in [0.25, 0.3) is 0 Å². The third kappa shape index (κ3) is 2.44. The van der Waals surface area contributed by atoms with Crippen LogP contribution >= 0.6 is 0 Å². The lowest BCUT2D eigenvalue weighted by atomic mass is 10.0. The molecule has 0 atom stereocenters. The van der Waals surface area contributed by atoms with E-state index < -0.39 is 5.95 Å². The number of rotatable bonds is 1. The number of amides is 1. The van der Waals surface area contributed by atoms with Crippen LogP contribution in [-0.2, 0) is 4.74 Å². The maximum absolute atomic E-state index is 12.7. The third-order valence-electron chi connectivity index (χ3n) is 2.86. The van der Waals surface area contributed by atoms with E-state index in [0.29, 0.717) is 25.3 Å². The molecule has 17 heavy (non-hydrogen) atoms. The van der Waals surface area contributed by atoms with Gasteiger partial charge in [-0.2, -0.15) is 4.39 Å². The lowest BCUT2D eigenvalue weighted by Gasteiger charge is -2.42. The van der Waals surface area contributed by atoms with E-state index in [4.69, 9.17) is 4.74 Å². The van der Waals surface area contributed by atoms with Crippen molar-refractivity contribution in [1.29, 1.82) is 0 Å². The summed E-state index contributed by atoms with van der Waals surface area (Å²) in [5.41, 5.74) is 0.0605. The van der Waals surface area contributed by atoms with Crippen LogP contribution in [0.2, 0.25) is 0 Å². The van der Waals surface area contributed by atoms with Crippen molar-refractivity contribution in [3.63, 3.8) is 0 Å². The van der Waals surface area contributed by atoms with Gasteiger partial charge in [-0.25, -0.2) is 4.98 Å².